The second-order valence-electron chi connectivity index (χ2n) is 3.89. The van der Waals surface area contributed by atoms with Crippen molar-refractivity contribution >= 4 is 5.78 Å². The number of furan rings is 1. The van der Waals surface area contributed by atoms with Gasteiger partial charge in [-0.05, 0) is 31.0 Å². The first-order valence-corrected chi connectivity index (χ1v) is 5.86. The molecule has 0 amide bonds. The standard InChI is InChI=1S/C13H16N2O2/c1-3-10-8-11(4-2)15(14-10)9-12(16)13-6-5-7-17-13/h5-8H,3-4,9H2,1-2H3. The predicted octanol–water partition coefficient (Wildman–Crippen LogP) is 2.48. The van der Waals surface area contributed by atoms with E-state index in [1.54, 1.807) is 16.8 Å². The van der Waals surface area contributed by atoms with Crippen LogP contribution in [-0.2, 0) is 19.4 Å². The minimum absolute atomic E-state index is 0.0459. The third-order valence-electron chi connectivity index (χ3n) is 2.73. The summed E-state index contributed by atoms with van der Waals surface area (Å²) in [5, 5.41) is 4.40. The van der Waals surface area contributed by atoms with Crippen molar-refractivity contribution in [3.05, 3.63) is 41.6 Å². The van der Waals surface area contributed by atoms with Gasteiger partial charge < -0.3 is 4.42 Å². The molecule has 0 bridgehead atoms. The second-order valence-corrected chi connectivity index (χ2v) is 3.89. The average molecular weight is 232 g/mol. The van der Waals surface area contributed by atoms with Gasteiger partial charge in [0.25, 0.3) is 0 Å². The Morgan fingerprint density at radius 2 is 2.24 bits per heavy atom. The second kappa shape index (κ2) is 4.99. The number of nitrogens with zero attached hydrogens (tertiary/aromatic N) is 2. The largest absolute Gasteiger partial charge is 0.461 e. The molecule has 0 aliphatic rings. The van der Waals surface area contributed by atoms with Crippen molar-refractivity contribution in [2.75, 3.05) is 0 Å². The normalized spacial score (nSPS) is 10.7. The van der Waals surface area contributed by atoms with Crippen LogP contribution in [0, 0.1) is 0 Å². The molecule has 0 N–H and O–H groups in total. The van der Waals surface area contributed by atoms with Crippen LogP contribution in [0.1, 0.15) is 35.8 Å². The van der Waals surface area contributed by atoms with Crippen molar-refractivity contribution in [3.8, 4) is 0 Å². The molecule has 90 valence electrons. The van der Waals surface area contributed by atoms with Gasteiger partial charge in [0.05, 0.1) is 12.0 Å². The van der Waals surface area contributed by atoms with Crippen molar-refractivity contribution in [1.82, 2.24) is 9.78 Å². The van der Waals surface area contributed by atoms with Gasteiger partial charge in [-0.25, -0.2) is 0 Å². The molecule has 0 saturated carbocycles. The maximum atomic E-state index is 11.9. The number of Topliss-reactive ketones (excluding diaryl/α,β-unsaturated/α-hetero) is 1. The molecular weight excluding hydrogens is 216 g/mol. The Hall–Kier alpha value is -1.84. The van der Waals surface area contributed by atoms with E-state index in [0.29, 0.717) is 5.76 Å². The Kier molecular flexibility index (Phi) is 3.42. The highest BCUT2D eigenvalue weighted by atomic mass is 16.3. The molecule has 0 radical (unpaired) electrons. The van der Waals surface area contributed by atoms with Gasteiger partial charge in [-0.2, -0.15) is 5.10 Å². The van der Waals surface area contributed by atoms with Crippen LogP contribution in [0.15, 0.2) is 28.9 Å². The zero-order valence-electron chi connectivity index (χ0n) is 10.1. The molecule has 4 heteroatoms. The van der Waals surface area contributed by atoms with E-state index in [9.17, 15) is 4.79 Å². The van der Waals surface area contributed by atoms with E-state index in [1.807, 2.05) is 0 Å². The lowest BCUT2D eigenvalue weighted by Gasteiger charge is -2.03. The van der Waals surface area contributed by atoms with Crippen LogP contribution in [0.2, 0.25) is 0 Å². The van der Waals surface area contributed by atoms with Crippen molar-refractivity contribution in [1.29, 1.82) is 0 Å². The smallest absolute Gasteiger partial charge is 0.219 e. The fourth-order valence-corrected chi connectivity index (χ4v) is 1.76. The first kappa shape index (κ1) is 11.6. The van der Waals surface area contributed by atoms with E-state index in [-0.39, 0.29) is 12.3 Å². The van der Waals surface area contributed by atoms with E-state index in [4.69, 9.17) is 4.42 Å². The average Bonchev–Trinajstić information content (AvgIpc) is 2.97. The molecule has 0 saturated heterocycles. The minimum atomic E-state index is -0.0459. The summed E-state index contributed by atoms with van der Waals surface area (Å²) in [7, 11) is 0. The topological polar surface area (TPSA) is 48.0 Å². The highest BCUT2D eigenvalue weighted by molar-refractivity contribution is 5.93. The minimum Gasteiger partial charge on any atom is -0.461 e. The molecule has 0 fully saturated rings. The van der Waals surface area contributed by atoms with Crippen LogP contribution >= 0.6 is 0 Å². The van der Waals surface area contributed by atoms with Gasteiger partial charge in [0.1, 0.15) is 6.54 Å². The van der Waals surface area contributed by atoms with Gasteiger partial charge in [-0.1, -0.05) is 13.8 Å². The summed E-state index contributed by atoms with van der Waals surface area (Å²) < 4.78 is 6.85. The fraction of sp³-hybridized carbons (Fsp3) is 0.385. The van der Waals surface area contributed by atoms with Gasteiger partial charge in [-0.15, -0.1) is 0 Å². The molecule has 0 aliphatic carbocycles. The van der Waals surface area contributed by atoms with E-state index in [2.05, 4.69) is 25.0 Å². The Balaban J connectivity index is 2.18. The van der Waals surface area contributed by atoms with Gasteiger partial charge in [0.15, 0.2) is 5.76 Å². The number of aryl methyl sites for hydroxylation is 2. The number of hydrogen-bond acceptors (Lipinski definition) is 3. The summed E-state index contributed by atoms with van der Waals surface area (Å²) in [6.45, 7) is 4.36. The van der Waals surface area contributed by atoms with Crippen LogP contribution in [0.3, 0.4) is 0 Å². The highest BCUT2D eigenvalue weighted by Crippen LogP contribution is 2.09. The summed E-state index contributed by atoms with van der Waals surface area (Å²) in [6.07, 6.45) is 3.27. The van der Waals surface area contributed by atoms with Crippen molar-refractivity contribution in [3.63, 3.8) is 0 Å². The maximum Gasteiger partial charge on any atom is 0.219 e. The summed E-state index contributed by atoms with van der Waals surface area (Å²) in [5.41, 5.74) is 2.11. The zero-order valence-corrected chi connectivity index (χ0v) is 10.1. The van der Waals surface area contributed by atoms with Crippen LogP contribution in [0.5, 0.6) is 0 Å². The number of carbonyl (C=O) groups is 1. The van der Waals surface area contributed by atoms with Gasteiger partial charge in [-0.3, -0.25) is 9.48 Å². The molecule has 0 unspecified atom stereocenters. The van der Waals surface area contributed by atoms with Crippen molar-refractivity contribution in [2.24, 2.45) is 0 Å². The van der Waals surface area contributed by atoms with Gasteiger partial charge in [0, 0.05) is 5.69 Å². The number of rotatable bonds is 5. The van der Waals surface area contributed by atoms with Crippen LogP contribution in [0.4, 0.5) is 0 Å². The molecule has 4 nitrogen and oxygen atoms in total. The fourth-order valence-electron chi connectivity index (χ4n) is 1.76. The third kappa shape index (κ3) is 2.46. The molecule has 2 heterocycles. The lowest BCUT2D eigenvalue weighted by molar-refractivity contribution is 0.0939. The van der Waals surface area contributed by atoms with Crippen LogP contribution in [0.25, 0.3) is 0 Å². The summed E-state index contributed by atoms with van der Waals surface area (Å²) in [6, 6.07) is 5.45. The van der Waals surface area contributed by atoms with Gasteiger partial charge in [0.2, 0.25) is 5.78 Å². The molecule has 0 spiro atoms. The van der Waals surface area contributed by atoms with Crippen LogP contribution < -0.4 is 0 Å². The van der Waals surface area contributed by atoms with E-state index in [1.165, 1.54) is 6.26 Å². The molecule has 2 aromatic heterocycles. The SMILES string of the molecule is CCc1cc(CC)n(CC(=O)c2ccco2)n1. The van der Waals surface area contributed by atoms with E-state index >= 15 is 0 Å². The molecule has 2 rings (SSSR count). The zero-order chi connectivity index (χ0) is 12.3. The predicted molar refractivity (Wildman–Crippen MR) is 64.0 cm³/mol. The number of ketones is 1. The molecular formula is C13H16N2O2. The molecule has 0 atom stereocenters. The van der Waals surface area contributed by atoms with Crippen LogP contribution in [-0.4, -0.2) is 15.6 Å². The number of hydrogen-bond donors (Lipinski definition) is 0. The monoisotopic (exact) mass is 232 g/mol. The highest BCUT2D eigenvalue weighted by Gasteiger charge is 2.13. The molecule has 0 aromatic carbocycles. The lowest BCUT2D eigenvalue weighted by atomic mass is 10.2. The van der Waals surface area contributed by atoms with Crippen molar-refractivity contribution < 1.29 is 9.21 Å². The Bertz CT molecular complexity index is 497. The number of carbonyl (C=O) groups excluding carboxylic acids is 1. The van der Waals surface area contributed by atoms with E-state index < -0.39 is 0 Å². The molecule has 17 heavy (non-hydrogen) atoms. The Morgan fingerprint density at radius 3 is 2.82 bits per heavy atom. The maximum absolute atomic E-state index is 11.9. The summed E-state index contributed by atoms with van der Waals surface area (Å²) in [5.74, 6) is 0.344. The third-order valence-corrected chi connectivity index (χ3v) is 2.73. The first-order chi connectivity index (χ1) is 8.24. The van der Waals surface area contributed by atoms with Crippen molar-refractivity contribution in [2.45, 2.75) is 33.2 Å². The molecule has 2 aromatic rings. The van der Waals surface area contributed by atoms with E-state index in [0.717, 1.165) is 24.2 Å². The quantitative estimate of drug-likeness (QED) is 0.744. The number of aromatic nitrogens is 2. The summed E-state index contributed by atoms with van der Waals surface area (Å²) in [4.78, 5) is 11.9. The Labute approximate surface area is 100 Å². The Morgan fingerprint density at radius 1 is 1.41 bits per heavy atom. The lowest BCUT2D eigenvalue weighted by Crippen LogP contribution is -2.13. The molecule has 0 aliphatic heterocycles. The summed E-state index contributed by atoms with van der Waals surface area (Å²) >= 11 is 0. The van der Waals surface area contributed by atoms with Gasteiger partial charge >= 0.3 is 0 Å². The first-order valence-electron chi connectivity index (χ1n) is 5.86.